The molecule has 0 saturated carbocycles. The Morgan fingerprint density at radius 3 is 2.40 bits per heavy atom. The number of ether oxygens (including phenoxy) is 1. The second kappa shape index (κ2) is 5.54. The summed E-state index contributed by atoms with van der Waals surface area (Å²) in [5.74, 6) is -0.252. The number of hydrogen-bond donors (Lipinski definition) is 1. The van der Waals surface area contributed by atoms with Crippen molar-refractivity contribution in [2.24, 2.45) is 5.73 Å². The molecule has 0 amide bonds. The fraction of sp³-hybridized carbons (Fsp3) is 0.200. The molecular formula is C15H14F3NO. The number of benzene rings is 2. The standard InChI is InChI=1S/C15H14F3NO/c1-10-4-2-3-5-13(10)11-6-7-14(12(8-11)9-19)20-15(16,17)18/h2-8H,9,19H2,1H3. The quantitative estimate of drug-likeness (QED) is 0.922. The summed E-state index contributed by atoms with van der Waals surface area (Å²) in [5.41, 5.74) is 8.65. The van der Waals surface area contributed by atoms with Crippen LogP contribution in [0.2, 0.25) is 0 Å². The molecule has 0 atom stereocenters. The maximum absolute atomic E-state index is 12.3. The highest BCUT2D eigenvalue weighted by atomic mass is 19.4. The first-order chi connectivity index (χ1) is 9.40. The van der Waals surface area contributed by atoms with Gasteiger partial charge in [0.25, 0.3) is 0 Å². The molecule has 0 aromatic heterocycles. The highest BCUT2D eigenvalue weighted by Gasteiger charge is 2.32. The van der Waals surface area contributed by atoms with Crippen molar-refractivity contribution in [3.8, 4) is 16.9 Å². The van der Waals surface area contributed by atoms with Gasteiger partial charge in [-0.2, -0.15) is 0 Å². The first-order valence-corrected chi connectivity index (χ1v) is 6.05. The maximum atomic E-state index is 12.3. The Morgan fingerprint density at radius 1 is 1.10 bits per heavy atom. The Labute approximate surface area is 115 Å². The van der Waals surface area contributed by atoms with E-state index in [9.17, 15) is 13.2 Å². The van der Waals surface area contributed by atoms with Gasteiger partial charge in [-0.05, 0) is 35.7 Å². The topological polar surface area (TPSA) is 35.2 Å². The average Bonchev–Trinajstić information content (AvgIpc) is 2.38. The van der Waals surface area contributed by atoms with Gasteiger partial charge in [-0.3, -0.25) is 0 Å². The maximum Gasteiger partial charge on any atom is 0.573 e. The molecule has 2 nitrogen and oxygen atoms in total. The van der Waals surface area contributed by atoms with Crippen LogP contribution in [0, 0.1) is 6.92 Å². The Morgan fingerprint density at radius 2 is 1.80 bits per heavy atom. The van der Waals surface area contributed by atoms with Crippen LogP contribution in [0.4, 0.5) is 13.2 Å². The van der Waals surface area contributed by atoms with Crippen molar-refractivity contribution in [2.75, 3.05) is 0 Å². The van der Waals surface area contributed by atoms with Gasteiger partial charge in [-0.1, -0.05) is 30.3 Å². The number of alkyl halides is 3. The number of aryl methyl sites for hydroxylation is 1. The van der Waals surface area contributed by atoms with Crippen molar-refractivity contribution in [3.05, 3.63) is 53.6 Å². The van der Waals surface area contributed by atoms with E-state index in [1.807, 2.05) is 31.2 Å². The van der Waals surface area contributed by atoms with Crippen molar-refractivity contribution in [3.63, 3.8) is 0 Å². The first-order valence-electron chi connectivity index (χ1n) is 6.05. The zero-order valence-electron chi connectivity index (χ0n) is 10.9. The second-order valence-electron chi connectivity index (χ2n) is 4.39. The van der Waals surface area contributed by atoms with E-state index in [4.69, 9.17) is 5.73 Å². The average molecular weight is 281 g/mol. The van der Waals surface area contributed by atoms with Gasteiger partial charge in [0.05, 0.1) is 0 Å². The van der Waals surface area contributed by atoms with Gasteiger partial charge in [0.2, 0.25) is 0 Å². The summed E-state index contributed by atoms with van der Waals surface area (Å²) in [6, 6.07) is 12.2. The Kier molecular flexibility index (Phi) is 3.99. The number of rotatable bonds is 3. The van der Waals surface area contributed by atoms with Gasteiger partial charge in [0, 0.05) is 12.1 Å². The van der Waals surface area contributed by atoms with Crippen LogP contribution in [-0.4, -0.2) is 6.36 Å². The minimum Gasteiger partial charge on any atom is -0.405 e. The Hall–Kier alpha value is -2.01. The van der Waals surface area contributed by atoms with Gasteiger partial charge < -0.3 is 10.5 Å². The number of hydrogen-bond acceptors (Lipinski definition) is 2. The van der Waals surface area contributed by atoms with Gasteiger partial charge in [-0.15, -0.1) is 13.2 Å². The third kappa shape index (κ3) is 3.30. The molecule has 2 N–H and O–H groups in total. The zero-order chi connectivity index (χ0) is 14.8. The summed E-state index contributed by atoms with van der Waals surface area (Å²) in [4.78, 5) is 0. The monoisotopic (exact) mass is 281 g/mol. The molecule has 0 aliphatic heterocycles. The minimum absolute atomic E-state index is 0.0227. The largest absolute Gasteiger partial charge is 0.573 e. The van der Waals surface area contributed by atoms with E-state index in [0.717, 1.165) is 16.7 Å². The highest BCUT2D eigenvalue weighted by Crippen LogP contribution is 2.31. The van der Waals surface area contributed by atoms with Crippen LogP contribution in [0.5, 0.6) is 5.75 Å². The van der Waals surface area contributed by atoms with Gasteiger partial charge in [0.1, 0.15) is 5.75 Å². The van der Waals surface area contributed by atoms with Crippen LogP contribution in [0.25, 0.3) is 11.1 Å². The molecule has 0 saturated heterocycles. The Balaban J connectivity index is 2.42. The molecule has 0 fully saturated rings. The van der Waals surface area contributed by atoms with E-state index >= 15 is 0 Å². The van der Waals surface area contributed by atoms with E-state index < -0.39 is 6.36 Å². The molecule has 0 aliphatic carbocycles. The molecule has 2 aromatic carbocycles. The summed E-state index contributed by atoms with van der Waals surface area (Å²) in [6.07, 6.45) is -4.71. The molecule has 5 heteroatoms. The van der Waals surface area contributed by atoms with Crippen LogP contribution in [0.3, 0.4) is 0 Å². The van der Waals surface area contributed by atoms with E-state index in [1.54, 1.807) is 12.1 Å². The summed E-state index contributed by atoms with van der Waals surface area (Å²) >= 11 is 0. The lowest BCUT2D eigenvalue weighted by molar-refractivity contribution is -0.274. The first kappa shape index (κ1) is 14.4. The normalized spacial score (nSPS) is 11.4. The predicted molar refractivity (Wildman–Crippen MR) is 71.2 cm³/mol. The van der Waals surface area contributed by atoms with E-state index in [2.05, 4.69) is 4.74 Å². The highest BCUT2D eigenvalue weighted by molar-refractivity contribution is 5.68. The van der Waals surface area contributed by atoms with Crippen molar-refractivity contribution < 1.29 is 17.9 Å². The smallest absolute Gasteiger partial charge is 0.405 e. The molecule has 0 unspecified atom stereocenters. The van der Waals surface area contributed by atoms with Gasteiger partial charge >= 0.3 is 6.36 Å². The Bertz CT molecular complexity index is 608. The summed E-state index contributed by atoms with van der Waals surface area (Å²) < 4.78 is 40.8. The molecule has 20 heavy (non-hydrogen) atoms. The van der Waals surface area contributed by atoms with Crippen molar-refractivity contribution >= 4 is 0 Å². The molecule has 0 aliphatic rings. The van der Waals surface area contributed by atoms with E-state index in [-0.39, 0.29) is 12.3 Å². The van der Waals surface area contributed by atoms with Crippen LogP contribution in [-0.2, 0) is 6.54 Å². The second-order valence-corrected chi connectivity index (χ2v) is 4.39. The lowest BCUT2D eigenvalue weighted by atomic mass is 9.98. The molecule has 0 spiro atoms. The lowest BCUT2D eigenvalue weighted by Gasteiger charge is -2.14. The van der Waals surface area contributed by atoms with Crippen molar-refractivity contribution in [1.82, 2.24) is 0 Å². The summed E-state index contributed by atoms with van der Waals surface area (Å²) in [6.45, 7) is 1.92. The fourth-order valence-electron chi connectivity index (χ4n) is 2.03. The fourth-order valence-corrected chi connectivity index (χ4v) is 2.03. The van der Waals surface area contributed by atoms with E-state index in [1.165, 1.54) is 6.07 Å². The number of halogens is 3. The van der Waals surface area contributed by atoms with Crippen molar-refractivity contribution in [2.45, 2.75) is 19.8 Å². The lowest BCUT2D eigenvalue weighted by Crippen LogP contribution is -2.18. The SMILES string of the molecule is Cc1ccccc1-c1ccc(OC(F)(F)F)c(CN)c1. The van der Waals surface area contributed by atoms with E-state index in [0.29, 0.717) is 5.56 Å². The minimum atomic E-state index is -4.71. The van der Waals surface area contributed by atoms with Crippen LogP contribution in [0.1, 0.15) is 11.1 Å². The molecule has 106 valence electrons. The summed E-state index contributed by atoms with van der Waals surface area (Å²) in [5, 5.41) is 0. The molecule has 0 bridgehead atoms. The summed E-state index contributed by atoms with van der Waals surface area (Å²) in [7, 11) is 0. The molecular weight excluding hydrogens is 267 g/mol. The van der Waals surface area contributed by atoms with Crippen LogP contribution >= 0.6 is 0 Å². The molecule has 0 heterocycles. The predicted octanol–water partition coefficient (Wildman–Crippen LogP) is 4.02. The molecule has 0 radical (unpaired) electrons. The van der Waals surface area contributed by atoms with Crippen LogP contribution in [0.15, 0.2) is 42.5 Å². The third-order valence-electron chi connectivity index (χ3n) is 2.96. The van der Waals surface area contributed by atoms with Crippen LogP contribution < -0.4 is 10.5 Å². The third-order valence-corrected chi connectivity index (χ3v) is 2.96. The van der Waals surface area contributed by atoms with Gasteiger partial charge in [0.15, 0.2) is 0 Å². The number of nitrogens with two attached hydrogens (primary N) is 1. The molecule has 2 aromatic rings. The zero-order valence-corrected chi connectivity index (χ0v) is 10.9. The molecule has 2 rings (SSSR count). The van der Waals surface area contributed by atoms with Crippen molar-refractivity contribution in [1.29, 1.82) is 0 Å². The van der Waals surface area contributed by atoms with Gasteiger partial charge in [-0.25, -0.2) is 0 Å².